The molecule has 3 heterocycles. The van der Waals surface area contributed by atoms with E-state index in [2.05, 4.69) is 10.3 Å². The minimum Gasteiger partial charge on any atom is -0.454 e. The largest absolute Gasteiger partial charge is 0.454 e. The Morgan fingerprint density at radius 1 is 1.06 bits per heavy atom. The number of pyridine rings is 1. The van der Waals surface area contributed by atoms with Crippen LogP contribution in [-0.4, -0.2) is 30.3 Å². The SMILES string of the molecule is O=C(COC(=O)c1cc(-c2ccc(Cl)s2)nc2ccccc12)Nc1ccc2c(c1)OCO2. The van der Waals surface area contributed by atoms with Crippen LogP contribution in [0.2, 0.25) is 4.34 Å². The second-order valence-electron chi connectivity index (χ2n) is 6.87. The Labute approximate surface area is 191 Å². The fourth-order valence-corrected chi connectivity index (χ4v) is 4.31. The van der Waals surface area contributed by atoms with Gasteiger partial charge in [-0.3, -0.25) is 4.79 Å². The molecule has 0 spiro atoms. The van der Waals surface area contributed by atoms with Gasteiger partial charge in [0.2, 0.25) is 6.79 Å². The van der Waals surface area contributed by atoms with Crippen LogP contribution in [0.3, 0.4) is 0 Å². The van der Waals surface area contributed by atoms with Gasteiger partial charge in [-0.25, -0.2) is 9.78 Å². The second kappa shape index (κ2) is 8.49. The molecule has 5 rings (SSSR count). The van der Waals surface area contributed by atoms with E-state index in [-0.39, 0.29) is 6.79 Å². The van der Waals surface area contributed by atoms with E-state index in [9.17, 15) is 9.59 Å². The van der Waals surface area contributed by atoms with Crippen molar-refractivity contribution >= 4 is 51.4 Å². The highest BCUT2D eigenvalue weighted by Gasteiger charge is 2.18. The number of hydrogen-bond donors (Lipinski definition) is 1. The van der Waals surface area contributed by atoms with Gasteiger partial charge in [-0.2, -0.15) is 0 Å². The Kier molecular flexibility index (Phi) is 5.38. The number of hydrogen-bond acceptors (Lipinski definition) is 7. The Morgan fingerprint density at radius 2 is 1.91 bits per heavy atom. The molecule has 1 N–H and O–H groups in total. The lowest BCUT2D eigenvalue weighted by Crippen LogP contribution is -2.21. The summed E-state index contributed by atoms with van der Waals surface area (Å²) in [4.78, 5) is 30.6. The first-order chi connectivity index (χ1) is 15.6. The van der Waals surface area contributed by atoms with Crippen LogP contribution in [0.25, 0.3) is 21.5 Å². The Bertz CT molecular complexity index is 1350. The third kappa shape index (κ3) is 4.10. The normalized spacial score (nSPS) is 12.0. The van der Waals surface area contributed by atoms with E-state index in [1.807, 2.05) is 24.3 Å². The van der Waals surface area contributed by atoms with Crippen molar-refractivity contribution in [3.8, 4) is 22.1 Å². The van der Waals surface area contributed by atoms with Crippen molar-refractivity contribution in [2.75, 3.05) is 18.7 Å². The number of esters is 1. The average molecular weight is 467 g/mol. The number of aromatic nitrogens is 1. The van der Waals surface area contributed by atoms with Crippen molar-refractivity contribution in [1.82, 2.24) is 4.98 Å². The molecule has 160 valence electrons. The quantitative estimate of drug-likeness (QED) is 0.410. The number of carbonyl (C=O) groups is 2. The van der Waals surface area contributed by atoms with Gasteiger partial charge in [0.05, 0.1) is 26.0 Å². The van der Waals surface area contributed by atoms with Crippen molar-refractivity contribution in [1.29, 1.82) is 0 Å². The van der Waals surface area contributed by atoms with Gasteiger partial charge in [0.25, 0.3) is 5.91 Å². The van der Waals surface area contributed by atoms with Gasteiger partial charge in [0, 0.05) is 17.1 Å². The van der Waals surface area contributed by atoms with Crippen molar-refractivity contribution in [2.45, 2.75) is 0 Å². The number of carbonyl (C=O) groups excluding carboxylic acids is 2. The van der Waals surface area contributed by atoms with E-state index in [4.69, 9.17) is 25.8 Å². The lowest BCUT2D eigenvalue weighted by atomic mass is 10.1. The monoisotopic (exact) mass is 466 g/mol. The minimum atomic E-state index is -0.617. The van der Waals surface area contributed by atoms with E-state index >= 15 is 0 Å². The van der Waals surface area contributed by atoms with Crippen LogP contribution in [0, 0.1) is 0 Å². The summed E-state index contributed by atoms with van der Waals surface area (Å²) in [5.74, 6) is 0.0697. The summed E-state index contributed by atoms with van der Waals surface area (Å²) < 4.78 is 16.5. The fraction of sp³-hybridized carbons (Fsp3) is 0.0870. The Hall–Kier alpha value is -3.62. The fourth-order valence-electron chi connectivity index (χ4n) is 3.30. The minimum absolute atomic E-state index is 0.143. The van der Waals surface area contributed by atoms with Crippen molar-refractivity contribution < 1.29 is 23.8 Å². The zero-order valence-corrected chi connectivity index (χ0v) is 18.0. The molecule has 32 heavy (non-hydrogen) atoms. The topological polar surface area (TPSA) is 86.8 Å². The number of amides is 1. The van der Waals surface area contributed by atoms with Crippen LogP contribution in [0.1, 0.15) is 10.4 Å². The molecule has 0 saturated heterocycles. The number of anilines is 1. The molecule has 0 atom stereocenters. The van der Waals surface area contributed by atoms with Gasteiger partial charge in [-0.05, 0) is 36.4 Å². The maximum Gasteiger partial charge on any atom is 0.339 e. The number of rotatable bonds is 5. The molecule has 7 nitrogen and oxygen atoms in total. The maximum absolute atomic E-state index is 12.9. The van der Waals surface area contributed by atoms with Gasteiger partial charge < -0.3 is 19.5 Å². The van der Waals surface area contributed by atoms with Gasteiger partial charge in [-0.15, -0.1) is 11.3 Å². The summed E-state index contributed by atoms with van der Waals surface area (Å²) in [7, 11) is 0. The highest BCUT2D eigenvalue weighted by atomic mass is 35.5. The first-order valence-corrected chi connectivity index (χ1v) is 10.8. The number of nitrogens with zero attached hydrogens (tertiary/aromatic N) is 1. The third-order valence-corrected chi connectivity index (χ3v) is 6.01. The van der Waals surface area contributed by atoms with Crippen LogP contribution < -0.4 is 14.8 Å². The number of benzene rings is 2. The molecule has 1 amide bonds. The molecule has 4 aromatic rings. The maximum atomic E-state index is 12.9. The molecule has 1 aliphatic heterocycles. The van der Waals surface area contributed by atoms with Gasteiger partial charge in [0.15, 0.2) is 18.1 Å². The standard InChI is InChI=1S/C23H15ClN2O5S/c24-21-8-7-20(32-21)17-10-15(14-3-1-2-4-16(14)26-17)23(28)29-11-22(27)25-13-5-6-18-19(9-13)31-12-30-18/h1-10H,11-12H2,(H,25,27). The summed E-state index contributed by atoms with van der Waals surface area (Å²) in [6.45, 7) is -0.298. The molecule has 0 saturated carbocycles. The Balaban J connectivity index is 1.33. The predicted octanol–water partition coefficient (Wildman–Crippen LogP) is 5.14. The molecule has 0 bridgehead atoms. The molecule has 0 fully saturated rings. The molecule has 0 radical (unpaired) electrons. The summed E-state index contributed by atoms with van der Waals surface area (Å²) >= 11 is 7.42. The van der Waals surface area contributed by atoms with Crippen molar-refractivity contribution in [3.05, 3.63) is 70.6 Å². The first-order valence-electron chi connectivity index (χ1n) is 9.59. The molecule has 0 aliphatic carbocycles. The number of fused-ring (bicyclic) bond motifs is 2. The highest BCUT2D eigenvalue weighted by molar-refractivity contribution is 7.19. The van der Waals surface area contributed by atoms with E-state index in [1.165, 1.54) is 11.3 Å². The van der Waals surface area contributed by atoms with E-state index in [0.717, 1.165) is 4.88 Å². The second-order valence-corrected chi connectivity index (χ2v) is 8.58. The van der Waals surface area contributed by atoms with E-state index in [1.54, 1.807) is 36.4 Å². The number of thiophene rings is 1. The average Bonchev–Trinajstić information content (AvgIpc) is 3.45. The molecule has 9 heteroatoms. The Morgan fingerprint density at radius 3 is 2.75 bits per heavy atom. The highest BCUT2D eigenvalue weighted by Crippen LogP contribution is 2.34. The first kappa shape index (κ1) is 20.3. The molecule has 0 unspecified atom stereocenters. The summed E-state index contributed by atoms with van der Waals surface area (Å²) in [5.41, 5.74) is 2.09. The molecule has 2 aromatic heterocycles. The van der Waals surface area contributed by atoms with Crippen molar-refractivity contribution in [3.63, 3.8) is 0 Å². The van der Waals surface area contributed by atoms with Crippen LogP contribution in [0.15, 0.2) is 60.7 Å². The van der Waals surface area contributed by atoms with Crippen LogP contribution in [-0.2, 0) is 9.53 Å². The number of para-hydroxylation sites is 1. The van der Waals surface area contributed by atoms with Gasteiger partial charge in [0.1, 0.15) is 0 Å². The van der Waals surface area contributed by atoms with E-state index in [0.29, 0.717) is 43.7 Å². The lowest BCUT2D eigenvalue weighted by molar-refractivity contribution is -0.119. The molecule has 1 aliphatic rings. The van der Waals surface area contributed by atoms with Crippen LogP contribution in [0.4, 0.5) is 5.69 Å². The van der Waals surface area contributed by atoms with Crippen LogP contribution in [0.5, 0.6) is 11.5 Å². The number of halogens is 1. The lowest BCUT2D eigenvalue weighted by Gasteiger charge is -2.10. The molecule has 2 aromatic carbocycles. The van der Waals surface area contributed by atoms with Gasteiger partial charge >= 0.3 is 5.97 Å². The third-order valence-electron chi connectivity index (χ3n) is 4.75. The van der Waals surface area contributed by atoms with E-state index < -0.39 is 18.5 Å². The summed E-state index contributed by atoms with van der Waals surface area (Å²) in [6.07, 6.45) is 0. The zero-order valence-electron chi connectivity index (χ0n) is 16.5. The van der Waals surface area contributed by atoms with Gasteiger partial charge in [-0.1, -0.05) is 29.8 Å². The smallest absolute Gasteiger partial charge is 0.339 e. The zero-order chi connectivity index (χ0) is 22.1. The number of ether oxygens (including phenoxy) is 3. The number of nitrogens with one attached hydrogen (secondary N) is 1. The summed E-state index contributed by atoms with van der Waals surface area (Å²) in [5, 5.41) is 3.32. The summed E-state index contributed by atoms with van der Waals surface area (Å²) in [6, 6.07) is 17.6. The molecular weight excluding hydrogens is 452 g/mol. The van der Waals surface area contributed by atoms with Crippen LogP contribution >= 0.6 is 22.9 Å². The predicted molar refractivity (Wildman–Crippen MR) is 122 cm³/mol. The molecular formula is C23H15ClN2O5S. The van der Waals surface area contributed by atoms with Crippen molar-refractivity contribution in [2.24, 2.45) is 0 Å².